The van der Waals surface area contributed by atoms with Gasteiger partial charge in [-0.2, -0.15) is 0 Å². The largest absolute Gasteiger partial charge is 0.481 e. The minimum atomic E-state index is -0.880. The van der Waals surface area contributed by atoms with Crippen LogP contribution in [0.15, 0.2) is 23.7 Å². The molecule has 0 bridgehead atoms. The third-order valence-corrected chi connectivity index (χ3v) is 3.14. The zero-order valence-corrected chi connectivity index (χ0v) is 10.5. The molecule has 7 nitrogen and oxygen atoms in total. The Morgan fingerprint density at radius 1 is 1.50 bits per heavy atom. The molecule has 0 aromatic carbocycles. The molecule has 2 rings (SSSR count). The van der Waals surface area contributed by atoms with E-state index in [1.54, 1.807) is 12.3 Å². The lowest BCUT2D eigenvalue weighted by molar-refractivity contribution is -0.133. The number of aromatic nitrogens is 5. The van der Waals surface area contributed by atoms with Crippen LogP contribution in [-0.2, 0) is 11.3 Å². The molecule has 18 heavy (non-hydrogen) atoms. The first-order valence-corrected chi connectivity index (χ1v) is 6.14. The van der Waals surface area contributed by atoms with Gasteiger partial charge in [-0.3, -0.25) is 4.79 Å². The topological polar surface area (TPSA) is 93.8 Å². The van der Waals surface area contributed by atoms with Crippen molar-refractivity contribution in [3.8, 4) is 0 Å². The number of hydrogen-bond acceptors (Lipinski definition) is 6. The highest BCUT2D eigenvalue weighted by Gasteiger charge is 2.11. The lowest BCUT2D eigenvalue weighted by Gasteiger charge is -2.06. The van der Waals surface area contributed by atoms with Gasteiger partial charge in [0.15, 0.2) is 5.16 Å². The van der Waals surface area contributed by atoms with Gasteiger partial charge < -0.3 is 9.67 Å². The molecule has 1 N–H and O–H groups in total. The molecule has 0 saturated heterocycles. The maximum Gasteiger partial charge on any atom is 0.313 e. The molecule has 0 saturated carbocycles. The molecule has 2 heterocycles. The number of carbonyl (C=O) groups is 1. The fraction of sp³-hybridized carbons (Fsp3) is 0.300. The van der Waals surface area contributed by atoms with Gasteiger partial charge >= 0.3 is 5.97 Å². The van der Waals surface area contributed by atoms with E-state index in [1.807, 2.05) is 11.5 Å². The van der Waals surface area contributed by atoms with Crippen molar-refractivity contribution in [3.05, 3.63) is 30.1 Å². The summed E-state index contributed by atoms with van der Waals surface area (Å²) in [6.45, 7) is 2.32. The highest BCUT2D eigenvalue weighted by molar-refractivity contribution is 7.99. The first-order chi connectivity index (χ1) is 8.66. The van der Waals surface area contributed by atoms with Gasteiger partial charge in [0.1, 0.15) is 12.2 Å². The second kappa shape index (κ2) is 5.58. The summed E-state index contributed by atoms with van der Waals surface area (Å²) >= 11 is 1.14. The minimum absolute atomic E-state index is 0.0398. The summed E-state index contributed by atoms with van der Waals surface area (Å²) in [6.07, 6.45) is 3.13. The van der Waals surface area contributed by atoms with Crippen LogP contribution < -0.4 is 0 Å². The molecule has 2 aromatic heterocycles. The van der Waals surface area contributed by atoms with Crippen molar-refractivity contribution in [2.75, 3.05) is 5.75 Å². The monoisotopic (exact) mass is 265 g/mol. The number of aliphatic carboxylic acids is 1. The number of carboxylic acid groups (broad SMARTS) is 1. The van der Waals surface area contributed by atoms with Crippen LogP contribution in [-0.4, -0.2) is 41.6 Å². The number of hydrogen-bond donors (Lipinski definition) is 1. The molecule has 0 spiro atoms. The Bertz CT molecular complexity index is 542. The van der Waals surface area contributed by atoms with Gasteiger partial charge in [0.25, 0.3) is 0 Å². The Kier molecular flexibility index (Phi) is 3.88. The number of nitrogens with zero attached hydrogens (tertiary/aromatic N) is 5. The summed E-state index contributed by atoms with van der Waals surface area (Å²) in [5, 5.41) is 17.1. The predicted octanol–water partition coefficient (Wildman–Crippen LogP) is 0.602. The summed E-state index contributed by atoms with van der Waals surface area (Å²) in [7, 11) is 0. The number of aryl methyl sites for hydroxylation is 1. The van der Waals surface area contributed by atoms with Crippen molar-refractivity contribution >= 4 is 17.7 Å². The normalized spacial score (nSPS) is 10.5. The Morgan fingerprint density at radius 3 is 3.00 bits per heavy atom. The van der Waals surface area contributed by atoms with Crippen molar-refractivity contribution in [3.63, 3.8) is 0 Å². The van der Waals surface area contributed by atoms with E-state index in [2.05, 4.69) is 20.2 Å². The number of thioether (sulfide) groups is 1. The molecule has 0 fully saturated rings. The van der Waals surface area contributed by atoms with E-state index in [1.165, 1.54) is 6.33 Å². The maximum atomic E-state index is 10.6. The molecule has 0 unspecified atom stereocenters. The summed E-state index contributed by atoms with van der Waals surface area (Å²) in [5.41, 5.74) is 0.824. The second-order valence-electron chi connectivity index (χ2n) is 3.50. The highest BCUT2D eigenvalue weighted by Crippen LogP contribution is 2.17. The van der Waals surface area contributed by atoms with Crippen molar-refractivity contribution < 1.29 is 9.90 Å². The molecule has 0 aliphatic rings. The Morgan fingerprint density at radius 2 is 2.33 bits per heavy atom. The fourth-order valence-corrected chi connectivity index (χ4v) is 2.05. The summed E-state index contributed by atoms with van der Waals surface area (Å²) in [6, 6.07) is 1.80. The Labute approximate surface area is 107 Å². The highest BCUT2D eigenvalue weighted by atomic mass is 32.2. The van der Waals surface area contributed by atoms with E-state index >= 15 is 0 Å². The van der Waals surface area contributed by atoms with Crippen LogP contribution in [0.5, 0.6) is 0 Å². The third-order valence-electron chi connectivity index (χ3n) is 2.19. The lowest BCUT2D eigenvalue weighted by atomic mass is 10.4. The smallest absolute Gasteiger partial charge is 0.313 e. The summed E-state index contributed by atoms with van der Waals surface area (Å²) < 4.78 is 1.83. The molecule has 0 aliphatic heterocycles. The number of rotatable bonds is 5. The van der Waals surface area contributed by atoms with Gasteiger partial charge in [-0.05, 0) is 13.0 Å². The van der Waals surface area contributed by atoms with E-state index in [4.69, 9.17) is 5.11 Å². The van der Waals surface area contributed by atoms with Gasteiger partial charge in [0, 0.05) is 6.20 Å². The van der Waals surface area contributed by atoms with E-state index < -0.39 is 5.97 Å². The van der Waals surface area contributed by atoms with Gasteiger partial charge in [0.05, 0.1) is 18.0 Å². The molecule has 2 aromatic rings. The fourth-order valence-electron chi connectivity index (χ4n) is 1.35. The average molecular weight is 265 g/mol. The SMILES string of the molecule is Cc1nnc(SCC(=O)O)n1Cc1ccncn1. The third kappa shape index (κ3) is 3.04. The van der Waals surface area contributed by atoms with Gasteiger partial charge in [-0.1, -0.05) is 11.8 Å². The van der Waals surface area contributed by atoms with Crippen LogP contribution in [0.3, 0.4) is 0 Å². The molecular formula is C10H11N5O2S. The van der Waals surface area contributed by atoms with Gasteiger partial charge in [-0.15, -0.1) is 10.2 Å². The van der Waals surface area contributed by atoms with Crippen LogP contribution in [0.2, 0.25) is 0 Å². The zero-order chi connectivity index (χ0) is 13.0. The van der Waals surface area contributed by atoms with E-state index in [0.717, 1.165) is 23.3 Å². The van der Waals surface area contributed by atoms with Crippen LogP contribution >= 0.6 is 11.8 Å². The van der Waals surface area contributed by atoms with Crippen LogP contribution in [0, 0.1) is 6.92 Å². The molecule has 0 radical (unpaired) electrons. The second-order valence-corrected chi connectivity index (χ2v) is 4.44. The van der Waals surface area contributed by atoms with Crippen LogP contribution in [0.4, 0.5) is 0 Å². The van der Waals surface area contributed by atoms with Crippen molar-refractivity contribution in [2.45, 2.75) is 18.6 Å². The number of carboxylic acids is 1. The first kappa shape index (κ1) is 12.5. The van der Waals surface area contributed by atoms with E-state index in [0.29, 0.717) is 11.7 Å². The predicted molar refractivity (Wildman–Crippen MR) is 64.3 cm³/mol. The maximum absolute atomic E-state index is 10.6. The molecule has 8 heteroatoms. The summed E-state index contributed by atoms with van der Waals surface area (Å²) in [5.74, 6) is -0.196. The average Bonchev–Trinajstić information content (AvgIpc) is 2.70. The van der Waals surface area contributed by atoms with Crippen molar-refractivity contribution in [1.82, 2.24) is 24.7 Å². The summed E-state index contributed by atoms with van der Waals surface area (Å²) in [4.78, 5) is 18.5. The Hall–Kier alpha value is -1.96. The van der Waals surface area contributed by atoms with Crippen molar-refractivity contribution in [1.29, 1.82) is 0 Å². The molecule has 0 amide bonds. The lowest BCUT2D eigenvalue weighted by Crippen LogP contribution is -2.07. The van der Waals surface area contributed by atoms with Crippen molar-refractivity contribution in [2.24, 2.45) is 0 Å². The zero-order valence-electron chi connectivity index (χ0n) is 9.65. The molecule has 0 atom stereocenters. The van der Waals surface area contributed by atoms with Gasteiger partial charge in [-0.25, -0.2) is 9.97 Å². The molecule has 94 valence electrons. The Balaban J connectivity index is 2.16. The van der Waals surface area contributed by atoms with Crippen LogP contribution in [0.25, 0.3) is 0 Å². The minimum Gasteiger partial charge on any atom is -0.481 e. The van der Waals surface area contributed by atoms with E-state index in [9.17, 15) is 4.79 Å². The van der Waals surface area contributed by atoms with Crippen LogP contribution in [0.1, 0.15) is 11.5 Å². The molecular weight excluding hydrogens is 254 g/mol. The first-order valence-electron chi connectivity index (χ1n) is 5.16. The van der Waals surface area contributed by atoms with E-state index in [-0.39, 0.29) is 5.75 Å². The molecule has 0 aliphatic carbocycles. The standard InChI is InChI=1S/C10H11N5O2S/c1-7-13-14-10(18-5-9(16)17)15(7)4-8-2-3-11-6-12-8/h2-3,6H,4-5H2,1H3,(H,16,17). The van der Waals surface area contributed by atoms with Gasteiger partial charge in [0.2, 0.25) is 0 Å². The quantitative estimate of drug-likeness (QED) is 0.791.